The first-order valence-electron chi connectivity index (χ1n) is 10.7. The lowest BCUT2D eigenvalue weighted by atomic mass is 10.0. The Morgan fingerprint density at radius 2 is 1.53 bits per heavy atom. The molecule has 8 heteroatoms. The van der Waals surface area contributed by atoms with Gasteiger partial charge >= 0.3 is 0 Å². The van der Waals surface area contributed by atoms with Crippen molar-refractivity contribution in [1.82, 2.24) is 4.90 Å². The van der Waals surface area contributed by atoms with Crippen LogP contribution in [0.2, 0.25) is 0 Å². The molecular formula is C26H22FN3O4. The zero-order valence-electron chi connectivity index (χ0n) is 18.6. The average molecular weight is 459 g/mol. The van der Waals surface area contributed by atoms with E-state index in [4.69, 9.17) is 0 Å². The molecule has 0 saturated carbocycles. The maximum atomic E-state index is 13.3. The van der Waals surface area contributed by atoms with Gasteiger partial charge < -0.3 is 5.32 Å². The predicted molar refractivity (Wildman–Crippen MR) is 126 cm³/mol. The highest BCUT2D eigenvalue weighted by molar-refractivity contribution is 6.36. The third-order valence-corrected chi connectivity index (χ3v) is 5.64. The number of carbonyl (C=O) groups excluding carboxylic acids is 2. The molecule has 1 heterocycles. The molecule has 1 aliphatic heterocycles. The van der Waals surface area contributed by atoms with Crippen molar-refractivity contribution < 1.29 is 18.9 Å². The summed E-state index contributed by atoms with van der Waals surface area (Å²) in [6.45, 7) is 4.11. The first kappa shape index (κ1) is 22.8. The number of hydrogen-bond donors (Lipinski definition) is 1. The van der Waals surface area contributed by atoms with E-state index in [1.807, 2.05) is 24.3 Å². The van der Waals surface area contributed by atoms with Crippen LogP contribution >= 0.6 is 0 Å². The first-order valence-corrected chi connectivity index (χ1v) is 10.7. The summed E-state index contributed by atoms with van der Waals surface area (Å²) in [6.07, 6.45) is 0. The molecule has 3 aromatic rings. The molecule has 2 amide bonds. The van der Waals surface area contributed by atoms with Crippen molar-refractivity contribution in [2.45, 2.75) is 26.3 Å². The summed E-state index contributed by atoms with van der Waals surface area (Å²) in [5.74, 6) is -1.15. The Balaban J connectivity index is 1.72. The van der Waals surface area contributed by atoms with Gasteiger partial charge in [-0.25, -0.2) is 4.39 Å². The zero-order valence-corrected chi connectivity index (χ0v) is 18.6. The van der Waals surface area contributed by atoms with Crippen molar-refractivity contribution in [3.05, 3.63) is 111 Å². The third-order valence-electron chi connectivity index (χ3n) is 5.64. The molecule has 172 valence electrons. The Labute approximate surface area is 195 Å². The van der Waals surface area contributed by atoms with Crippen molar-refractivity contribution in [2.24, 2.45) is 0 Å². The Hall–Kier alpha value is -4.33. The monoisotopic (exact) mass is 459 g/mol. The quantitative estimate of drug-likeness (QED) is 0.296. The molecule has 0 aromatic heterocycles. The van der Waals surface area contributed by atoms with Crippen molar-refractivity contribution in [1.29, 1.82) is 0 Å². The summed E-state index contributed by atoms with van der Waals surface area (Å²) in [7, 11) is 0. The number of nitro groups is 1. The number of rotatable bonds is 7. The van der Waals surface area contributed by atoms with Crippen LogP contribution in [0.15, 0.2) is 78.5 Å². The van der Waals surface area contributed by atoms with Crippen LogP contribution in [-0.4, -0.2) is 21.6 Å². The van der Waals surface area contributed by atoms with E-state index < -0.39 is 22.6 Å². The molecule has 1 aliphatic rings. The fourth-order valence-corrected chi connectivity index (χ4v) is 3.72. The standard InChI is InChI=1S/C26H22FN3O4/c1-16(2)18-5-11-21(12-6-18)28-24-23(19-7-13-22(14-8-19)30(33)34)25(31)29(26(24)32)15-17-3-9-20(27)10-4-17/h3-14,16,28H,15H2,1-2H3. The second-order valence-corrected chi connectivity index (χ2v) is 8.28. The summed E-state index contributed by atoms with van der Waals surface area (Å²) in [5, 5.41) is 14.1. The molecule has 0 atom stereocenters. The van der Waals surface area contributed by atoms with Crippen molar-refractivity contribution >= 4 is 28.8 Å². The molecule has 0 unspecified atom stereocenters. The molecule has 0 fully saturated rings. The number of nitro benzene ring substituents is 1. The number of non-ortho nitro benzene ring substituents is 1. The number of nitrogens with zero attached hydrogens (tertiary/aromatic N) is 2. The van der Waals surface area contributed by atoms with Crippen LogP contribution in [0.4, 0.5) is 15.8 Å². The average Bonchev–Trinajstić information content (AvgIpc) is 3.05. The molecule has 4 rings (SSSR count). The van der Waals surface area contributed by atoms with E-state index in [-0.39, 0.29) is 23.5 Å². The highest BCUT2D eigenvalue weighted by atomic mass is 19.1. The number of halogens is 1. The van der Waals surface area contributed by atoms with E-state index in [0.717, 1.165) is 10.5 Å². The van der Waals surface area contributed by atoms with Gasteiger partial charge in [0.1, 0.15) is 11.5 Å². The van der Waals surface area contributed by atoms with E-state index in [2.05, 4.69) is 19.2 Å². The molecule has 0 aliphatic carbocycles. The second-order valence-electron chi connectivity index (χ2n) is 8.28. The Morgan fingerprint density at radius 3 is 2.09 bits per heavy atom. The van der Waals surface area contributed by atoms with Crippen LogP contribution < -0.4 is 5.32 Å². The number of anilines is 1. The lowest BCUT2D eigenvalue weighted by Crippen LogP contribution is -2.32. The van der Waals surface area contributed by atoms with Gasteiger partial charge in [0.2, 0.25) is 0 Å². The lowest BCUT2D eigenvalue weighted by Gasteiger charge is -2.15. The van der Waals surface area contributed by atoms with Crippen LogP contribution in [-0.2, 0) is 16.1 Å². The van der Waals surface area contributed by atoms with E-state index in [1.165, 1.54) is 48.5 Å². The number of nitrogens with one attached hydrogen (secondary N) is 1. The van der Waals surface area contributed by atoms with E-state index >= 15 is 0 Å². The number of amides is 2. The highest BCUT2D eigenvalue weighted by Crippen LogP contribution is 2.32. The van der Waals surface area contributed by atoms with E-state index in [0.29, 0.717) is 22.7 Å². The third kappa shape index (κ3) is 4.56. The van der Waals surface area contributed by atoms with E-state index in [9.17, 15) is 24.1 Å². The highest BCUT2D eigenvalue weighted by Gasteiger charge is 2.39. The molecule has 0 bridgehead atoms. The molecule has 0 saturated heterocycles. The minimum Gasteiger partial charge on any atom is -0.350 e. The predicted octanol–water partition coefficient (Wildman–Crippen LogP) is 5.25. The van der Waals surface area contributed by atoms with E-state index in [1.54, 1.807) is 0 Å². The molecular weight excluding hydrogens is 437 g/mol. The fraction of sp³-hybridized carbons (Fsp3) is 0.154. The summed E-state index contributed by atoms with van der Waals surface area (Å²) < 4.78 is 13.3. The summed E-state index contributed by atoms with van der Waals surface area (Å²) in [5.41, 5.74) is 2.81. The van der Waals surface area contributed by atoms with Gasteiger partial charge in [0.25, 0.3) is 17.5 Å². The van der Waals surface area contributed by atoms with Gasteiger partial charge in [-0.2, -0.15) is 0 Å². The maximum Gasteiger partial charge on any atom is 0.278 e. The number of hydrogen-bond acceptors (Lipinski definition) is 5. The van der Waals surface area contributed by atoms with Gasteiger partial charge in [-0.15, -0.1) is 0 Å². The molecule has 34 heavy (non-hydrogen) atoms. The van der Waals surface area contributed by atoms with Crippen LogP contribution in [0.1, 0.15) is 36.5 Å². The van der Waals surface area contributed by atoms with Crippen LogP contribution in [0.25, 0.3) is 5.57 Å². The van der Waals surface area contributed by atoms with Gasteiger partial charge in [-0.3, -0.25) is 24.6 Å². The minimum absolute atomic E-state index is 0.0358. The Morgan fingerprint density at radius 1 is 0.912 bits per heavy atom. The Kier molecular flexibility index (Phi) is 6.23. The van der Waals surface area contributed by atoms with Crippen molar-refractivity contribution in [3.8, 4) is 0 Å². The molecule has 1 N–H and O–H groups in total. The fourth-order valence-electron chi connectivity index (χ4n) is 3.72. The van der Waals surface area contributed by atoms with Crippen LogP contribution in [0.3, 0.4) is 0 Å². The van der Waals surface area contributed by atoms with Gasteiger partial charge in [0.15, 0.2) is 0 Å². The molecule has 0 radical (unpaired) electrons. The molecule has 0 spiro atoms. The van der Waals surface area contributed by atoms with Crippen molar-refractivity contribution in [3.63, 3.8) is 0 Å². The molecule has 3 aromatic carbocycles. The summed E-state index contributed by atoms with van der Waals surface area (Å²) in [4.78, 5) is 38.3. The van der Waals surface area contributed by atoms with Crippen LogP contribution in [0.5, 0.6) is 0 Å². The summed E-state index contributed by atoms with van der Waals surface area (Å²) in [6, 6.07) is 18.6. The number of carbonyl (C=O) groups is 2. The number of imide groups is 1. The topological polar surface area (TPSA) is 92.6 Å². The van der Waals surface area contributed by atoms with Gasteiger partial charge in [0, 0.05) is 17.8 Å². The van der Waals surface area contributed by atoms with Gasteiger partial charge in [-0.05, 0) is 59.0 Å². The van der Waals surface area contributed by atoms with Gasteiger partial charge in [0.05, 0.1) is 17.0 Å². The minimum atomic E-state index is -0.538. The van der Waals surface area contributed by atoms with Gasteiger partial charge in [-0.1, -0.05) is 38.1 Å². The largest absolute Gasteiger partial charge is 0.350 e. The second kappa shape index (κ2) is 9.27. The zero-order chi connectivity index (χ0) is 24.4. The summed E-state index contributed by atoms with van der Waals surface area (Å²) >= 11 is 0. The SMILES string of the molecule is CC(C)c1ccc(NC2=C(c3ccc([N+](=O)[O-])cc3)C(=O)N(Cc3ccc(F)cc3)C2=O)cc1. The lowest BCUT2D eigenvalue weighted by molar-refractivity contribution is -0.384. The van der Waals surface area contributed by atoms with Crippen LogP contribution in [0, 0.1) is 15.9 Å². The number of benzene rings is 3. The first-order chi connectivity index (χ1) is 16.2. The normalized spacial score (nSPS) is 13.7. The maximum absolute atomic E-state index is 13.3. The molecule has 7 nitrogen and oxygen atoms in total. The smallest absolute Gasteiger partial charge is 0.278 e. The Bertz CT molecular complexity index is 1280. The van der Waals surface area contributed by atoms with Crippen molar-refractivity contribution in [2.75, 3.05) is 5.32 Å².